The van der Waals surface area contributed by atoms with E-state index in [4.69, 9.17) is 4.74 Å². The first kappa shape index (κ1) is 13.8. The van der Waals surface area contributed by atoms with E-state index in [2.05, 4.69) is 26.1 Å². The lowest BCUT2D eigenvalue weighted by Gasteiger charge is -2.28. The van der Waals surface area contributed by atoms with Crippen molar-refractivity contribution in [2.45, 2.75) is 44.9 Å². The molecule has 0 amide bonds. The molecular weight excluding hydrogens is 222 g/mol. The summed E-state index contributed by atoms with van der Waals surface area (Å²) in [4.78, 5) is 12.0. The Bertz CT molecular complexity index is 245. The topological polar surface area (TPSA) is 38.3 Å². The summed E-state index contributed by atoms with van der Waals surface area (Å²) in [5.41, 5.74) is -0.440. The number of thioether (sulfide) groups is 1. The maximum Gasteiger partial charge on any atom is 0.327 e. The molecule has 1 fully saturated rings. The molecule has 4 heteroatoms. The Morgan fingerprint density at radius 3 is 2.75 bits per heavy atom. The van der Waals surface area contributed by atoms with Gasteiger partial charge < -0.3 is 10.1 Å². The van der Waals surface area contributed by atoms with Crippen molar-refractivity contribution < 1.29 is 9.53 Å². The van der Waals surface area contributed by atoms with Gasteiger partial charge in [-0.15, -0.1) is 0 Å². The highest BCUT2D eigenvalue weighted by Gasteiger charge is 2.45. The minimum Gasteiger partial charge on any atom is -0.465 e. The van der Waals surface area contributed by atoms with Crippen LogP contribution < -0.4 is 5.32 Å². The zero-order valence-electron chi connectivity index (χ0n) is 10.7. The average Bonchev–Trinajstić information content (AvgIpc) is 2.59. The first-order valence-electron chi connectivity index (χ1n) is 6.04. The summed E-state index contributed by atoms with van der Waals surface area (Å²) in [5.74, 6) is 1.31. The fourth-order valence-corrected chi connectivity index (χ4v) is 3.21. The van der Waals surface area contributed by atoms with Crippen LogP contribution in [0.3, 0.4) is 0 Å². The van der Waals surface area contributed by atoms with Gasteiger partial charge in [-0.2, -0.15) is 11.8 Å². The van der Waals surface area contributed by atoms with Gasteiger partial charge in [0.2, 0.25) is 0 Å². The highest BCUT2D eigenvalue weighted by Crippen LogP contribution is 2.35. The van der Waals surface area contributed by atoms with Crippen molar-refractivity contribution in [2.75, 3.05) is 18.9 Å². The lowest BCUT2D eigenvalue weighted by molar-refractivity contribution is -0.150. The van der Waals surface area contributed by atoms with Crippen molar-refractivity contribution in [3.63, 3.8) is 0 Å². The lowest BCUT2D eigenvalue weighted by atomic mass is 9.95. The van der Waals surface area contributed by atoms with E-state index < -0.39 is 5.54 Å². The largest absolute Gasteiger partial charge is 0.465 e. The van der Waals surface area contributed by atoms with Gasteiger partial charge in [0, 0.05) is 11.0 Å². The van der Waals surface area contributed by atoms with Crippen molar-refractivity contribution in [3.05, 3.63) is 0 Å². The first-order valence-corrected chi connectivity index (χ1v) is 7.09. The number of esters is 1. The summed E-state index contributed by atoms with van der Waals surface area (Å²) < 4.78 is 5.20. The molecule has 0 aromatic heterocycles. The van der Waals surface area contributed by atoms with Crippen LogP contribution in [0, 0.1) is 5.92 Å². The van der Waals surface area contributed by atoms with Crippen molar-refractivity contribution in [3.8, 4) is 0 Å². The summed E-state index contributed by atoms with van der Waals surface area (Å²) in [7, 11) is 0. The third kappa shape index (κ3) is 3.39. The minimum atomic E-state index is -0.440. The molecule has 16 heavy (non-hydrogen) atoms. The predicted molar refractivity (Wildman–Crippen MR) is 68.7 cm³/mol. The van der Waals surface area contributed by atoms with Crippen molar-refractivity contribution in [1.82, 2.24) is 5.32 Å². The van der Waals surface area contributed by atoms with Crippen LogP contribution >= 0.6 is 11.8 Å². The number of carbonyl (C=O) groups is 1. The summed E-state index contributed by atoms with van der Waals surface area (Å²) in [6, 6.07) is 0. The van der Waals surface area contributed by atoms with Crippen LogP contribution in [0.15, 0.2) is 0 Å². The first-order chi connectivity index (χ1) is 7.50. The zero-order chi connectivity index (χ0) is 12.2. The third-order valence-electron chi connectivity index (χ3n) is 2.77. The van der Waals surface area contributed by atoms with E-state index in [0.29, 0.717) is 17.8 Å². The van der Waals surface area contributed by atoms with Gasteiger partial charge in [-0.3, -0.25) is 4.79 Å². The number of ether oxygens (including phenoxy) is 1. The molecule has 1 rings (SSSR count). The second-order valence-corrected chi connectivity index (χ2v) is 6.33. The van der Waals surface area contributed by atoms with E-state index in [1.54, 1.807) is 0 Å². The van der Waals surface area contributed by atoms with Crippen molar-refractivity contribution >= 4 is 17.7 Å². The van der Waals surface area contributed by atoms with E-state index >= 15 is 0 Å². The molecule has 0 spiro atoms. The highest BCUT2D eigenvalue weighted by atomic mass is 32.2. The Hall–Kier alpha value is -0.220. The molecule has 0 aromatic rings. The monoisotopic (exact) mass is 245 g/mol. The summed E-state index contributed by atoms with van der Waals surface area (Å²) in [6.45, 7) is 9.66. The van der Waals surface area contributed by atoms with Gasteiger partial charge in [0.25, 0.3) is 0 Å². The molecule has 1 saturated heterocycles. The third-order valence-corrected chi connectivity index (χ3v) is 4.16. The zero-order valence-corrected chi connectivity index (χ0v) is 11.5. The van der Waals surface area contributed by atoms with Gasteiger partial charge in [-0.25, -0.2) is 0 Å². The molecule has 94 valence electrons. The molecule has 1 N–H and O–H groups in total. The van der Waals surface area contributed by atoms with Crippen LogP contribution in [0.2, 0.25) is 0 Å². The second kappa shape index (κ2) is 5.92. The summed E-state index contributed by atoms with van der Waals surface area (Å²) >= 11 is 1.85. The van der Waals surface area contributed by atoms with Gasteiger partial charge >= 0.3 is 5.97 Å². The molecule has 0 saturated carbocycles. The van der Waals surface area contributed by atoms with Crippen LogP contribution in [-0.2, 0) is 9.53 Å². The second-order valence-electron chi connectivity index (χ2n) is 4.90. The molecule has 1 aliphatic heterocycles. The number of rotatable bonds is 5. The fourth-order valence-electron chi connectivity index (χ4n) is 1.90. The number of hydrogen-bond donors (Lipinski definition) is 1. The Morgan fingerprint density at radius 2 is 2.31 bits per heavy atom. The van der Waals surface area contributed by atoms with Gasteiger partial charge in [0.05, 0.1) is 6.61 Å². The molecular formula is C12H23NO2S. The smallest absolute Gasteiger partial charge is 0.327 e. The van der Waals surface area contributed by atoms with Gasteiger partial charge in [-0.05, 0) is 25.8 Å². The molecule has 2 unspecified atom stereocenters. The fraction of sp³-hybridized carbons (Fsp3) is 0.917. The molecule has 0 aromatic carbocycles. The Kier molecular flexibility index (Phi) is 5.12. The van der Waals surface area contributed by atoms with Crippen LogP contribution in [0.5, 0.6) is 0 Å². The normalized spacial score (nSPS) is 29.7. The number of carbonyl (C=O) groups excluding carboxylic acids is 1. The molecule has 0 aliphatic carbocycles. The number of hydrogen-bond acceptors (Lipinski definition) is 4. The molecule has 0 bridgehead atoms. The van der Waals surface area contributed by atoms with E-state index in [0.717, 1.165) is 18.7 Å². The van der Waals surface area contributed by atoms with Crippen molar-refractivity contribution in [1.29, 1.82) is 0 Å². The lowest BCUT2D eigenvalue weighted by Crippen LogP contribution is -2.54. The highest BCUT2D eigenvalue weighted by molar-refractivity contribution is 8.00. The molecule has 0 radical (unpaired) electrons. The molecule has 2 atom stereocenters. The Labute approximate surface area is 103 Å². The van der Waals surface area contributed by atoms with Crippen LogP contribution in [0.1, 0.15) is 34.1 Å². The predicted octanol–water partition coefficient (Wildman–Crippen LogP) is 2.06. The molecule has 3 nitrogen and oxygen atoms in total. The quantitative estimate of drug-likeness (QED) is 0.753. The summed E-state index contributed by atoms with van der Waals surface area (Å²) in [6.07, 6.45) is 0.878. The van der Waals surface area contributed by atoms with Crippen LogP contribution in [-0.4, -0.2) is 35.7 Å². The molecule has 1 heterocycles. The van der Waals surface area contributed by atoms with E-state index in [-0.39, 0.29) is 5.97 Å². The molecule has 1 aliphatic rings. The van der Waals surface area contributed by atoms with E-state index in [9.17, 15) is 4.79 Å². The van der Waals surface area contributed by atoms with Gasteiger partial charge in [0.15, 0.2) is 0 Å². The van der Waals surface area contributed by atoms with Crippen LogP contribution in [0.25, 0.3) is 0 Å². The van der Waals surface area contributed by atoms with E-state index in [1.807, 2.05) is 18.7 Å². The average molecular weight is 245 g/mol. The maximum absolute atomic E-state index is 12.0. The van der Waals surface area contributed by atoms with Crippen LogP contribution in [0.4, 0.5) is 0 Å². The van der Waals surface area contributed by atoms with Gasteiger partial charge in [0.1, 0.15) is 5.54 Å². The van der Waals surface area contributed by atoms with Crippen molar-refractivity contribution in [2.24, 2.45) is 5.92 Å². The Balaban J connectivity index is 2.65. The number of nitrogens with one attached hydrogen (secondary N) is 1. The van der Waals surface area contributed by atoms with E-state index in [1.165, 1.54) is 0 Å². The Morgan fingerprint density at radius 1 is 1.62 bits per heavy atom. The minimum absolute atomic E-state index is 0.0764. The standard InChI is InChI=1S/C12H23NO2S/c1-5-15-11(14)12(13-7-9(2)3)6-10(4)16-8-12/h9-10,13H,5-8H2,1-4H3. The summed E-state index contributed by atoms with van der Waals surface area (Å²) in [5, 5.41) is 3.95. The SMILES string of the molecule is CCOC(=O)C1(NCC(C)C)CSC(C)C1. The van der Waals surface area contributed by atoms with Gasteiger partial charge in [-0.1, -0.05) is 20.8 Å². The maximum atomic E-state index is 12.0.